The highest BCUT2D eigenvalue weighted by atomic mass is 32.2. The lowest BCUT2D eigenvalue weighted by atomic mass is 9.98. The number of hydrogen-bond donors (Lipinski definition) is 2. The van der Waals surface area contributed by atoms with Crippen molar-refractivity contribution < 1.29 is 23.8 Å². The minimum Gasteiger partial charge on any atom is -0.487 e. The molecule has 56 heavy (non-hydrogen) atoms. The van der Waals surface area contributed by atoms with Gasteiger partial charge in [-0.05, 0) is 98.5 Å². The molecule has 6 rings (SSSR count). The summed E-state index contributed by atoms with van der Waals surface area (Å²) >= 11 is 1.52. The van der Waals surface area contributed by atoms with Crippen molar-refractivity contribution in [3.63, 3.8) is 0 Å². The van der Waals surface area contributed by atoms with Gasteiger partial charge in [-0.15, -0.1) is 10.2 Å². The molecule has 2 aromatic heterocycles. The maximum atomic E-state index is 13.5. The smallest absolute Gasteiger partial charge is 0.414 e. The van der Waals surface area contributed by atoms with Crippen molar-refractivity contribution in [2.75, 3.05) is 24.3 Å². The number of nitrogens with two attached hydrogens (primary N) is 1. The number of nitrogens with zero attached hydrogens (tertiary/aromatic N) is 6. The van der Waals surface area contributed by atoms with Crippen LogP contribution < -0.4 is 15.4 Å². The number of hydrogen-bond acceptors (Lipinski definition) is 11. The Hall–Kier alpha value is -6.15. The molecule has 0 saturated heterocycles. The van der Waals surface area contributed by atoms with Gasteiger partial charge in [-0.3, -0.25) is 4.90 Å². The van der Waals surface area contributed by atoms with Gasteiger partial charge in [0.1, 0.15) is 29.5 Å². The number of aryl methyl sites for hydroxylation is 1. The normalized spacial score (nSPS) is 11.3. The molecular weight excluding hydrogens is 729 g/mol. The molecule has 0 aliphatic heterocycles. The minimum absolute atomic E-state index is 0.0779. The molecule has 6 aromatic rings. The van der Waals surface area contributed by atoms with E-state index < -0.39 is 17.7 Å². The van der Waals surface area contributed by atoms with Crippen molar-refractivity contribution in [2.45, 2.75) is 76.0 Å². The fraction of sp³-hybridized carbons (Fsp3) is 0.286. The molecule has 4 aromatic carbocycles. The summed E-state index contributed by atoms with van der Waals surface area (Å²) in [6.45, 7) is 10.1. The lowest BCUT2D eigenvalue weighted by Gasteiger charge is -2.25. The van der Waals surface area contributed by atoms with Gasteiger partial charge in [0.05, 0.1) is 18.0 Å². The Bertz CT molecular complexity index is 2270. The molecular formula is C42H46N8O5S. The number of aromatic amines is 1. The van der Waals surface area contributed by atoms with Crippen molar-refractivity contribution in [1.29, 1.82) is 0 Å². The van der Waals surface area contributed by atoms with E-state index in [4.69, 9.17) is 24.9 Å². The second-order valence-corrected chi connectivity index (χ2v) is 15.1. The highest BCUT2D eigenvalue weighted by Crippen LogP contribution is 2.35. The van der Waals surface area contributed by atoms with E-state index in [-0.39, 0.29) is 13.2 Å². The number of nitrogens with one attached hydrogen (secondary N) is 1. The summed E-state index contributed by atoms with van der Waals surface area (Å²) in [5, 5.41) is 14.6. The second-order valence-electron chi connectivity index (χ2n) is 14.0. The Balaban J connectivity index is 1.18. The van der Waals surface area contributed by atoms with E-state index in [1.165, 1.54) is 16.7 Å². The summed E-state index contributed by atoms with van der Waals surface area (Å²) in [5.74, 6) is 1.48. The average Bonchev–Trinajstić information content (AvgIpc) is 3.84. The van der Waals surface area contributed by atoms with Gasteiger partial charge >= 0.3 is 12.1 Å². The average molecular weight is 775 g/mol. The number of esters is 1. The van der Waals surface area contributed by atoms with Crippen LogP contribution in [-0.4, -0.2) is 61.5 Å². The summed E-state index contributed by atoms with van der Waals surface area (Å²) in [4.78, 5) is 34.4. The number of carbonyl (C=O) groups is 2. The third-order valence-electron chi connectivity index (χ3n) is 8.65. The molecule has 0 saturated carbocycles. The summed E-state index contributed by atoms with van der Waals surface area (Å²) < 4.78 is 19.2. The van der Waals surface area contributed by atoms with E-state index >= 15 is 0 Å². The van der Waals surface area contributed by atoms with Crippen LogP contribution >= 0.6 is 11.8 Å². The number of H-pyrrole nitrogens is 1. The number of nitrogen functional groups attached to an aromatic ring is 1. The van der Waals surface area contributed by atoms with E-state index in [0.717, 1.165) is 44.3 Å². The van der Waals surface area contributed by atoms with Gasteiger partial charge < -0.3 is 24.5 Å². The number of amides is 1. The predicted molar refractivity (Wildman–Crippen MR) is 217 cm³/mol. The van der Waals surface area contributed by atoms with Crippen LogP contribution in [0.15, 0.2) is 101 Å². The van der Waals surface area contributed by atoms with Crippen molar-refractivity contribution >= 4 is 35.2 Å². The van der Waals surface area contributed by atoms with Crippen LogP contribution in [0.1, 0.15) is 68.6 Å². The van der Waals surface area contributed by atoms with E-state index in [1.54, 1.807) is 20.0 Å². The first-order chi connectivity index (χ1) is 26.9. The third kappa shape index (κ3) is 9.55. The number of carbonyl (C=O) groups excluding carboxylic acids is 2. The fourth-order valence-corrected chi connectivity index (χ4v) is 6.89. The predicted octanol–water partition coefficient (Wildman–Crippen LogP) is 8.59. The molecule has 2 heterocycles. The maximum absolute atomic E-state index is 13.5. The van der Waals surface area contributed by atoms with Crippen LogP contribution in [0.4, 0.5) is 16.2 Å². The lowest BCUT2D eigenvalue weighted by Crippen LogP contribution is -2.34. The fourth-order valence-electron chi connectivity index (χ4n) is 6.04. The first-order valence-electron chi connectivity index (χ1n) is 18.4. The van der Waals surface area contributed by atoms with E-state index in [9.17, 15) is 9.59 Å². The molecule has 0 fully saturated rings. The van der Waals surface area contributed by atoms with Gasteiger partial charge in [0, 0.05) is 35.4 Å². The van der Waals surface area contributed by atoms with Crippen LogP contribution in [0.3, 0.4) is 0 Å². The number of benzene rings is 4. The van der Waals surface area contributed by atoms with E-state index in [0.29, 0.717) is 47.3 Å². The largest absolute Gasteiger partial charge is 0.487 e. The molecule has 0 aliphatic rings. The molecule has 0 radical (unpaired) electrons. The molecule has 1 amide bonds. The zero-order valence-corrected chi connectivity index (χ0v) is 33.2. The number of tetrazole rings is 1. The van der Waals surface area contributed by atoms with Gasteiger partial charge in [-0.25, -0.2) is 14.6 Å². The van der Waals surface area contributed by atoms with E-state index in [1.807, 2.05) is 98.1 Å². The van der Waals surface area contributed by atoms with Gasteiger partial charge in [0.25, 0.3) is 0 Å². The van der Waals surface area contributed by atoms with Crippen LogP contribution in [0.25, 0.3) is 22.5 Å². The number of rotatable bonds is 14. The van der Waals surface area contributed by atoms with Gasteiger partial charge in [0.2, 0.25) is 5.82 Å². The molecule has 0 aliphatic carbocycles. The standard InChI is InChI=1S/C42H46N8O5S/c1-7-11-37-44-35(26-54-29-18-20-30(21-19-29)56-31-22-23-34(43)36(24-31)49(6)41(52)55-42(3,4)5)38(40(51)53-8-2)50(37)25-27-14-16-28(17-15-27)32-12-9-10-13-33(32)39-45-47-48-46-39/h9-10,12-24H,7-8,11,25-26,43H2,1-6H3,(H,45,46,47,48). The van der Waals surface area contributed by atoms with Gasteiger partial charge in [-0.2, -0.15) is 5.21 Å². The number of aromatic nitrogens is 6. The number of imidazole rings is 1. The highest BCUT2D eigenvalue weighted by molar-refractivity contribution is 7.99. The monoisotopic (exact) mass is 774 g/mol. The number of anilines is 2. The van der Waals surface area contributed by atoms with Gasteiger partial charge in [0.15, 0.2) is 5.69 Å². The Morgan fingerprint density at radius 2 is 1.64 bits per heavy atom. The summed E-state index contributed by atoms with van der Waals surface area (Å²) in [5.41, 5.74) is 11.4. The molecule has 0 spiro atoms. The first kappa shape index (κ1) is 39.5. The summed E-state index contributed by atoms with van der Waals surface area (Å²) in [6, 6.07) is 29.3. The Kier molecular flexibility index (Phi) is 12.4. The summed E-state index contributed by atoms with van der Waals surface area (Å²) in [6.07, 6.45) is 1.03. The maximum Gasteiger partial charge on any atom is 0.414 e. The molecule has 3 N–H and O–H groups in total. The van der Waals surface area contributed by atoms with Crippen molar-refractivity contribution in [2.24, 2.45) is 0 Å². The zero-order chi connectivity index (χ0) is 39.8. The first-order valence-corrected chi connectivity index (χ1v) is 19.2. The minimum atomic E-state index is -0.630. The van der Waals surface area contributed by atoms with Crippen LogP contribution in [0.5, 0.6) is 5.75 Å². The second kappa shape index (κ2) is 17.5. The zero-order valence-electron chi connectivity index (χ0n) is 32.4. The summed E-state index contributed by atoms with van der Waals surface area (Å²) in [7, 11) is 1.64. The van der Waals surface area contributed by atoms with Gasteiger partial charge in [-0.1, -0.05) is 67.2 Å². The number of ether oxygens (including phenoxy) is 3. The van der Waals surface area contributed by atoms with Crippen molar-refractivity contribution in [3.8, 4) is 28.3 Å². The molecule has 13 nitrogen and oxygen atoms in total. The molecule has 0 bridgehead atoms. The lowest BCUT2D eigenvalue weighted by molar-refractivity contribution is 0.0509. The van der Waals surface area contributed by atoms with Crippen LogP contribution in [0.2, 0.25) is 0 Å². The topological polar surface area (TPSA) is 163 Å². The Labute approximate surface area is 330 Å². The van der Waals surface area contributed by atoms with Crippen molar-refractivity contribution in [1.82, 2.24) is 30.2 Å². The Morgan fingerprint density at radius 3 is 2.30 bits per heavy atom. The van der Waals surface area contributed by atoms with Crippen molar-refractivity contribution in [3.05, 3.63) is 114 Å². The SMILES string of the molecule is CCCc1nc(COc2ccc(Sc3ccc(N)c(N(C)C(=O)OC(C)(C)C)c3)cc2)c(C(=O)OCC)n1Cc1ccc(-c2ccccc2-c2nn[nH]n2)cc1. The van der Waals surface area contributed by atoms with Crippen LogP contribution in [0, 0.1) is 0 Å². The third-order valence-corrected chi connectivity index (χ3v) is 9.64. The highest BCUT2D eigenvalue weighted by Gasteiger charge is 2.25. The van der Waals surface area contributed by atoms with Crippen LogP contribution in [-0.2, 0) is 29.0 Å². The molecule has 0 atom stereocenters. The Morgan fingerprint density at radius 1 is 0.929 bits per heavy atom. The molecule has 14 heteroatoms. The molecule has 290 valence electrons. The molecule has 0 unspecified atom stereocenters. The van der Waals surface area contributed by atoms with E-state index in [2.05, 4.69) is 39.7 Å². The quantitative estimate of drug-likeness (QED) is 0.0805.